The molecule has 0 amide bonds. The molecule has 2 N–H and O–H groups in total. The Bertz CT molecular complexity index is 213. The van der Waals surface area contributed by atoms with Crippen LogP contribution in [-0.4, -0.2) is 44.2 Å². The molecule has 16 heavy (non-hydrogen) atoms. The monoisotopic (exact) mass is 228 g/mol. The lowest BCUT2D eigenvalue weighted by Gasteiger charge is -2.32. The van der Waals surface area contributed by atoms with Gasteiger partial charge in [0.05, 0.1) is 13.0 Å². The number of ether oxygens (including phenoxy) is 1. The van der Waals surface area contributed by atoms with Gasteiger partial charge in [0.1, 0.15) is 0 Å². The minimum Gasteiger partial charge on any atom is -0.469 e. The minimum atomic E-state index is -0.107. The summed E-state index contributed by atoms with van der Waals surface area (Å²) in [5, 5.41) is 0. The number of carbonyl (C=O) groups is 1. The number of nitrogens with zero attached hydrogens (tertiary/aromatic N) is 1. The van der Waals surface area contributed by atoms with Crippen LogP contribution in [-0.2, 0) is 9.53 Å². The molecule has 1 aliphatic rings. The van der Waals surface area contributed by atoms with Gasteiger partial charge in [0.25, 0.3) is 0 Å². The van der Waals surface area contributed by atoms with E-state index in [1.54, 1.807) is 0 Å². The van der Waals surface area contributed by atoms with Crippen molar-refractivity contribution in [1.82, 2.24) is 4.90 Å². The van der Waals surface area contributed by atoms with Crippen LogP contribution in [0.2, 0.25) is 0 Å². The molecule has 0 saturated carbocycles. The predicted octanol–water partition coefficient (Wildman–Crippen LogP) is 0.856. The maximum atomic E-state index is 11.3. The maximum absolute atomic E-state index is 11.3. The van der Waals surface area contributed by atoms with Crippen LogP contribution in [0.15, 0.2) is 0 Å². The van der Waals surface area contributed by atoms with Crippen molar-refractivity contribution in [2.75, 3.05) is 33.3 Å². The van der Waals surface area contributed by atoms with Crippen molar-refractivity contribution in [2.24, 2.45) is 17.6 Å². The fraction of sp³-hybridized carbons (Fsp3) is 0.917. The number of carbonyl (C=O) groups excluding carboxylic acids is 1. The molecule has 0 aromatic carbocycles. The zero-order valence-corrected chi connectivity index (χ0v) is 10.4. The molecular weight excluding hydrogens is 204 g/mol. The summed E-state index contributed by atoms with van der Waals surface area (Å²) in [6, 6.07) is 0. The fourth-order valence-electron chi connectivity index (χ4n) is 2.36. The van der Waals surface area contributed by atoms with Crippen molar-refractivity contribution < 1.29 is 9.53 Å². The number of rotatable bonds is 5. The smallest absolute Gasteiger partial charge is 0.309 e. The van der Waals surface area contributed by atoms with Gasteiger partial charge >= 0.3 is 5.97 Å². The average molecular weight is 228 g/mol. The zero-order valence-electron chi connectivity index (χ0n) is 10.4. The Balaban J connectivity index is 2.24. The first-order valence-electron chi connectivity index (χ1n) is 6.17. The number of hydrogen-bond donors (Lipinski definition) is 1. The molecule has 0 aromatic rings. The Morgan fingerprint density at radius 3 is 2.62 bits per heavy atom. The zero-order chi connectivity index (χ0) is 12.0. The lowest BCUT2D eigenvalue weighted by atomic mass is 9.93. The van der Waals surface area contributed by atoms with E-state index in [0.717, 1.165) is 38.5 Å². The van der Waals surface area contributed by atoms with Crippen LogP contribution in [0.3, 0.4) is 0 Å². The number of piperidine rings is 1. The number of likely N-dealkylation sites (tertiary alicyclic amines) is 1. The fourth-order valence-corrected chi connectivity index (χ4v) is 2.36. The molecule has 0 spiro atoms. The van der Waals surface area contributed by atoms with Crippen molar-refractivity contribution in [3.05, 3.63) is 0 Å². The normalized spacial score (nSPS) is 20.7. The maximum Gasteiger partial charge on any atom is 0.309 e. The van der Waals surface area contributed by atoms with E-state index in [1.165, 1.54) is 20.0 Å². The van der Waals surface area contributed by atoms with E-state index in [4.69, 9.17) is 10.5 Å². The number of methoxy groups -OCH3 is 1. The Morgan fingerprint density at radius 2 is 2.12 bits per heavy atom. The van der Waals surface area contributed by atoms with E-state index in [1.807, 2.05) is 6.92 Å². The highest BCUT2D eigenvalue weighted by atomic mass is 16.5. The average Bonchev–Trinajstić information content (AvgIpc) is 2.31. The van der Waals surface area contributed by atoms with Gasteiger partial charge in [0, 0.05) is 6.54 Å². The Morgan fingerprint density at radius 1 is 1.50 bits per heavy atom. The van der Waals surface area contributed by atoms with Crippen LogP contribution in [0.5, 0.6) is 0 Å². The summed E-state index contributed by atoms with van der Waals surface area (Å²) in [7, 11) is 1.45. The summed E-state index contributed by atoms with van der Waals surface area (Å²) in [5.74, 6) is 0.662. The van der Waals surface area contributed by atoms with Crippen LogP contribution in [0.25, 0.3) is 0 Å². The highest BCUT2D eigenvalue weighted by Gasteiger charge is 2.22. The number of nitrogens with two attached hydrogens (primary N) is 1. The van der Waals surface area contributed by atoms with Crippen LogP contribution in [0.4, 0.5) is 0 Å². The van der Waals surface area contributed by atoms with E-state index in [-0.39, 0.29) is 11.9 Å². The summed E-state index contributed by atoms with van der Waals surface area (Å²) < 4.78 is 4.73. The third kappa shape index (κ3) is 4.10. The lowest BCUT2D eigenvalue weighted by molar-refractivity contribution is -0.145. The number of esters is 1. The first kappa shape index (κ1) is 13.5. The van der Waals surface area contributed by atoms with Crippen molar-refractivity contribution in [3.63, 3.8) is 0 Å². The molecule has 1 heterocycles. The molecule has 1 saturated heterocycles. The first-order valence-corrected chi connectivity index (χ1v) is 6.17. The van der Waals surface area contributed by atoms with Gasteiger partial charge in [0.15, 0.2) is 0 Å². The van der Waals surface area contributed by atoms with Gasteiger partial charge in [-0.15, -0.1) is 0 Å². The van der Waals surface area contributed by atoms with Gasteiger partial charge in [-0.1, -0.05) is 6.92 Å². The summed E-state index contributed by atoms with van der Waals surface area (Å²) in [6.45, 7) is 5.72. The van der Waals surface area contributed by atoms with Gasteiger partial charge in [-0.3, -0.25) is 4.79 Å². The molecule has 0 aliphatic carbocycles. The van der Waals surface area contributed by atoms with Crippen molar-refractivity contribution >= 4 is 5.97 Å². The van der Waals surface area contributed by atoms with Gasteiger partial charge in [-0.05, 0) is 44.8 Å². The Kier molecular flexibility index (Phi) is 5.77. The second kappa shape index (κ2) is 6.86. The molecule has 1 unspecified atom stereocenters. The predicted molar refractivity (Wildman–Crippen MR) is 64.0 cm³/mol. The lowest BCUT2D eigenvalue weighted by Crippen LogP contribution is -2.38. The number of hydrogen-bond acceptors (Lipinski definition) is 4. The highest BCUT2D eigenvalue weighted by molar-refractivity contribution is 5.72. The van der Waals surface area contributed by atoms with Crippen LogP contribution in [0, 0.1) is 11.8 Å². The highest BCUT2D eigenvalue weighted by Crippen LogP contribution is 2.20. The summed E-state index contributed by atoms with van der Waals surface area (Å²) in [4.78, 5) is 13.6. The summed E-state index contributed by atoms with van der Waals surface area (Å²) >= 11 is 0. The van der Waals surface area contributed by atoms with E-state index < -0.39 is 0 Å². The molecule has 0 radical (unpaired) electrons. The molecule has 1 fully saturated rings. The van der Waals surface area contributed by atoms with E-state index in [0.29, 0.717) is 0 Å². The van der Waals surface area contributed by atoms with Crippen LogP contribution < -0.4 is 5.73 Å². The van der Waals surface area contributed by atoms with Gasteiger partial charge in [-0.25, -0.2) is 0 Å². The SMILES string of the molecule is COC(=O)C(C)CN1CCC(CCN)CC1. The summed E-state index contributed by atoms with van der Waals surface area (Å²) in [6.07, 6.45) is 3.57. The molecule has 4 nitrogen and oxygen atoms in total. The van der Waals surface area contributed by atoms with Gasteiger partial charge < -0.3 is 15.4 Å². The van der Waals surface area contributed by atoms with Gasteiger partial charge in [0.2, 0.25) is 0 Å². The van der Waals surface area contributed by atoms with Crippen LogP contribution in [0.1, 0.15) is 26.2 Å². The van der Waals surface area contributed by atoms with E-state index in [9.17, 15) is 4.79 Å². The molecule has 0 aromatic heterocycles. The van der Waals surface area contributed by atoms with Gasteiger partial charge in [-0.2, -0.15) is 0 Å². The quantitative estimate of drug-likeness (QED) is 0.709. The first-order chi connectivity index (χ1) is 7.67. The third-order valence-corrected chi connectivity index (χ3v) is 3.42. The molecule has 1 rings (SSSR count). The minimum absolute atomic E-state index is 0.0175. The van der Waals surface area contributed by atoms with Crippen molar-refractivity contribution in [3.8, 4) is 0 Å². The molecule has 4 heteroatoms. The Labute approximate surface area is 98.1 Å². The summed E-state index contributed by atoms with van der Waals surface area (Å²) in [5.41, 5.74) is 5.56. The molecular formula is C12H24N2O2. The largest absolute Gasteiger partial charge is 0.469 e. The molecule has 0 bridgehead atoms. The third-order valence-electron chi connectivity index (χ3n) is 3.42. The second-order valence-electron chi connectivity index (χ2n) is 4.75. The second-order valence-corrected chi connectivity index (χ2v) is 4.75. The van der Waals surface area contributed by atoms with E-state index >= 15 is 0 Å². The van der Waals surface area contributed by atoms with Crippen molar-refractivity contribution in [2.45, 2.75) is 26.2 Å². The molecule has 1 atom stereocenters. The Hall–Kier alpha value is -0.610. The standard InChI is InChI=1S/C12H24N2O2/c1-10(12(15)16-2)9-14-7-4-11(3-6-13)5-8-14/h10-11H,3-9,13H2,1-2H3. The van der Waals surface area contributed by atoms with Crippen LogP contribution >= 0.6 is 0 Å². The van der Waals surface area contributed by atoms with Crippen molar-refractivity contribution in [1.29, 1.82) is 0 Å². The molecule has 1 aliphatic heterocycles. The molecule has 94 valence electrons. The van der Waals surface area contributed by atoms with E-state index in [2.05, 4.69) is 4.90 Å². The topological polar surface area (TPSA) is 55.6 Å².